The van der Waals surface area contributed by atoms with E-state index in [0.717, 1.165) is 33.3 Å². The topological polar surface area (TPSA) is 67.0 Å². The summed E-state index contributed by atoms with van der Waals surface area (Å²) in [7, 11) is 0.855. The van der Waals surface area contributed by atoms with Crippen molar-refractivity contribution < 1.29 is 8.95 Å². The average molecular weight is 367 g/mol. The number of rotatable bonds is 5. The molecule has 6 heteroatoms. The number of aromatic nitrogens is 1. The number of benzene rings is 1. The standard InChI is InChI=1S/C20H21N3O2S/c1-4-25-16-9-11-17-18(13-21)20(23(2)19(17)12-10-16)14-5-7-15(8-6-14)22-26(3)24/h5-9,11-12,22H,4,10H2,1-3H3. The molecule has 1 aliphatic carbocycles. The molecule has 1 heterocycles. The van der Waals surface area contributed by atoms with Crippen molar-refractivity contribution in [3.05, 3.63) is 52.2 Å². The van der Waals surface area contributed by atoms with Gasteiger partial charge in [0.15, 0.2) is 0 Å². The zero-order valence-corrected chi connectivity index (χ0v) is 15.9. The highest BCUT2D eigenvalue weighted by molar-refractivity contribution is 7.85. The van der Waals surface area contributed by atoms with Crippen LogP contribution in [-0.4, -0.2) is 21.6 Å². The van der Waals surface area contributed by atoms with Gasteiger partial charge in [-0.25, -0.2) is 4.21 Å². The number of anilines is 1. The molecule has 3 rings (SSSR count). The fraction of sp³-hybridized carbons (Fsp3) is 0.250. The van der Waals surface area contributed by atoms with Crippen molar-refractivity contribution in [1.82, 2.24) is 4.57 Å². The molecule has 1 aromatic carbocycles. The van der Waals surface area contributed by atoms with E-state index >= 15 is 0 Å². The van der Waals surface area contributed by atoms with E-state index in [-0.39, 0.29) is 0 Å². The zero-order chi connectivity index (χ0) is 18.7. The van der Waals surface area contributed by atoms with Crippen LogP contribution in [0.2, 0.25) is 0 Å². The monoisotopic (exact) mass is 367 g/mol. The first-order valence-corrected chi connectivity index (χ1v) is 9.94. The fourth-order valence-corrected chi connectivity index (χ4v) is 3.66. The van der Waals surface area contributed by atoms with Gasteiger partial charge < -0.3 is 14.0 Å². The van der Waals surface area contributed by atoms with Crippen LogP contribution in [0.15, 0.2) is 36.1 Å². The summed E-state index contributed by atoms with van der Waals surface area (Å²) in [4.78, 5) is 0. The van der Waals surface area contributed by atoms with E-state index in [1.807, 2.05) is 55.0 Å². The number of nitrogens with zero attached hydrogens (tertiary/aromatic N) is 2. The van der Waals surface area contributed by atoms with E-state index in [0.29, 0.717) is 18.6 Å². The minimum Gasteiger partial charge on any atom is -0.498 e. The maximum Gasteiger partial charge on any atom is 0.113 e. The summed E-state index contributed by atoms with van der Waals surface area (Å²) < 4.78 is 21.8. The lowest BCUT2D eigenvalue weighted by Gasteiger charge is -2.08. The highest BCUT2D eigenvalue weighted by Gasteiger charge is 2.15. The highest BCUT2D eigenvalue weighted by atomic mass is 32.2. The van der Waals surface area contributed by atoms with E-state index in [1.165, 1.54) is 0 Å². The summed E-state index contributed by atoms with van der Waals surface area (Å²) in [5, 5.41) is 11.7. The van der Waals surface area contributed by atoms with Crippen molar-refractivity contribution in [2.45, 2.75) is 13.3 Å². The van der Waals surface area contributed by atoms with Crippen LogP contribution in [0.3, 0.4) is 0 Å². The van der Waals surface area contributed by atoms with Gasteiger partial charge in [0.05, 0.1) is 23.6 Å². The summed E-state index contributed by atoms with van der Waals surface area (Å²) in [6.07, 6.45) is 8.29. The average Bonchev–Trinajstić information content (AvgIpc) is 2.75. The van der Waals surface area contributed by atoms with Crippen LogP contribution in [0.5, 0.6) is 0 Å². The molecule has 0 saturated heterocycles. The van der Waals surface area contributed by atoms with Crippen LogP contribution >= 0.6 is 0 Å². The number of allylic oxidation sites excluding steroid dienone is 2. The lowest BCUT2D eigenvalue weighted by atomic mass is 10.1. The molecule has 0 amide bonds. The van der Waals surface area contributed by atoms with Crippen molar-refractivity contribution in [3.63, 3.8) is 0 Å². The maximum atomic E-state index is 11.3. The molecule has 1 N–H and O–H groups in total. The predicted molar refractivity (Wildman–Crippen MR) is 106 cm³/mol. The summed E-state index contributed by atoms with van der Waals surface area (Å²) in [6, 6.07) is 9.97. The Morgan fingerprint density at radius 3 is 2.65 bits per heavy atom. The Labute approximate surface area is 155 Å². The SMILES string of the molecule is CCOC1=CC=c2c(C#N)c(-c3ccc(NS(C)=O)cc3)n(C)c2=CC1. The molecule has 5 nitrogen and oxygen atoms in total. The third-order valence-electron chi connectivity index (χ3n) is 4.27. The molecule has 1 atom stereocenters. The molecule has 134 valence electrons. The van der Waals surface area contributed by atoms with Gasteiger partial charge in [0.1, 0.15) is 17.1 Å². The van der Waals surface area contributed by atoms with E-state index in [1.54, 1.807) is 6.26 Å². The Morgan fingerprint density at radius 1 is 1.31 bits per heavy atom. The van der Waals surface area contributed by atoms with Gasteiger partial charge in [0.2, 0.25) is 0 Å². The number of hydrogen-bond donors (Lipinski definition) is 1. The third kappa shape index (κ3) is 3.44. The number of ether oxygens (including phenoxy) is 1. The normalized spacial score (nSPS) is 14.0. The van der Waals surface area contributed by atoms with Crippen LogP contribution < -0.4 is 15.3 Å². The minimum absolute atomic E-state index is 0.628. The van der Waals surface area contributed by atoms with Crippen molar-refractivity contribution >= 4 is 28.8 Å². The Bertz CT molecular complexity index is 1040. The Balaban J connectivity index is 2.13. The van der Waals surface area contributed by atoms with Crippen LogP contribution in [-0.2, 0) is 22.8 Å². The molecule has 2 aromatic rings. The number of hydrogen-bond acceptors (Lipinski definition) is 3. The first-order valence-electron chi connectivity index (χ1n) is 8.38. The largest absolute Gasteiger partial charge is 0.498 e. The van der Waals surface area contributed by atoms with Gasteiger partial charge in [-0.05, 0) is 36.8 Å². The second-order valence-corrected chi connectivity index (χ2v) is 7.08. The van der Waals surface area contributed by atoms with Crippen molar-refractivity contribution in [3.8, 4) is 17.3 Å². The van der Waals surface area contributed by atoms with E-state index in [9.17, 15) is 9.47 Å². The minimum atomic E-state index is -1.12. The first-order chi connectivity index (χ1) is 12.5. The van der Waals surface area contributed by atoms with Crippen LogP contribution in [0.25, 0.3) is 23.4 Å². The summed E-state index contributed by atoms with van der Waals surface area (Å²) in [5.41, 5.74) is 3.25. The summed E-state index contributed by atoms with van der Waals surface area (Å²) in [5.74, 6) is 0.900. The van der Waals surface area contributed by atoms with Gasteiger partial charge in [-0.2, -0.15) is 5.26 Å². The quantitative estimate of drug-likeness (QED) is 0.881. The van der Waals surface area contributed by atoms with Crippen LogP contribution in [0.1, 0.15) is 18.9 Å². The summed E-state index contributed by atoms with van der Waals surface area (Å²) in [6.45, 7) is 2.59. The maximum absolute atomic E-state index is 11.3. The van der Waals surface area contributed by atoms with Crippen LogP contribution in [0, 0.1) is 11.3 Å². The molecule has 0 radical (unpaired) electrons. The van der Waals surface area contributed by atoms with Crippen molar-refractivity contribution in [2.75, 3.05) is 17.6 Å². The smallest absolute Gasteiger partial charge is 0.113 e. The van der Waals surface area contributed by atoms with Gasteiger partial charge in [-0.3, -0.25) is 0 Å². The molecule has 0 aliphatic heterocycles. The van der Waals surface area contributed by atoms with E-state index in [4.69, 9.17) is 4.74 Å². The lowest BCUT2D eigenvalue weighted by Crippen LogP contribution is -2.28. The number of fused-ring (bicyclic) bond motifs is 1. The molecule has 1 aliphatic rings. The molecular formula is C20H21N3O2S. The Morgan fingerprint density at radius 2 is 2.04 bits per heavy atom. The van der Waals surface area contributed by atoms with Crippen molar-refractivity contribution in [1.29, 1.82) is 5.26 Å². The summed E-state index contributed by atoms with van der Waals surface area (Å²) >= 11 is 0. The van der Waals surface area contributed by atoms with Gasteiger partial charge in [0, 0.05) is 36.0 Å². The second kappa shape index (κ2) is 7.63. The Kier molecular flexibility index (Phi) is 5.29. The van der Waals surface area contributed by atoms with Crippen molar-refractivity contribution in [2.24, 2.45) is 7.05 Å². The Hall–Kier alpha value is -2.78. The fourth-order valence-electron chi connectivity index (χ4n) is 3.19. The molecule has 1 unspecified atom stereocenters. The first kappa shape index (κ1) is 18.0. The number of nitrogens with one attached hydrogen (secondary N) is 1. The van der Waals surface area contributed by atoms with Crippen LogP contribution in [0.4, 0.5) is 5.69 Å². The molecule has 1 aromatic heterocycles. The highest BCUT2D eigenvalue weighted by Crippen LogP contribution is 2.23. The molecule has 0 spiro atoms. The molecule has 26 heavy (non-hydrogen) atoms. The number of nitriles is 1. The van der Waals surface area contributed by atoms with Gasteiger partial charge >= 0.3 is 0 Å². The predicted octanol–water partition coefficient (Wildman–Crippen LogP) is 2.15. The van der Waals surface area contributed by atoms with Gasteiger partial charge in [-0.1, -0.05) is 18.2 Å². The van der Waals surface area contributed by atoms with Gasteiger partial charge in [-0.15, -0.1) is 0 Å². The third-order valence-corrected chi connectivity index (χ3v) is 4.80. The second-order valence-electron chi connectivity index (χ2n) is 5.97. The molecule has 0 bridgehead atoms. The molecule has 0 saturated carbocycles. The lowest BCUT2D eigenvalue weighted by molar-refractivity contribution is 0.226. The van der Waals surface area contributed by atoms with E-state index < -0.39 is 11.0 Å². The molecule has 0 fully saturated rings. The zero-order valence-electron chi connectivity index (χ0n) is 15.1. The van der Waals surface area contributed by atoms with E-state index in [2.05, 4.69) is 16.9 Å². The van der Waals surface area contributed by atoms with Gasteiger partial charge in [0.25, 0.3) is 0 Å². The molecular weight excluding hydrogens is 346 g/mol.